The Morgan fingerprint density at radius 2 is 2.00 bits per heavy atom. The lowest BCUT2D eigenvalue weighted by Crippen LogP contribution is -2.02. The molecule has 2 rings (SSSR count). The van der Waals surface area contributed by atoms with Gasteiger partial charge < -0.3 is 10.1 Å². The van der Waals surface area contributed by atoms with E-state index in [4.69, 9.17) is 0 Å². The van der Waals surface area contributed by atoms with Crippen LogP contribution in [0.4, 0.5) is 14.5 Å². The lowest BCUT2D eigenvalue weighted by atomic mass is 10.3. The molecule has 4 nitrogen and oxygen atoms in total. The second-order valence-corrected chi connectivity index (χ2v) is 3.30. The largest absolute Gasteiger partial charge is 0.435 e. The summed E-state index contributed by atoms with van der Waals surface area (Å²) in [6.07, 6.45) is 3.46. The van der Waals surface area contributed by atoms with Crippen molar-refractivity contribution >= 4 is 5.69 Å². The van der Waals surface area contributed by atoms with Gasteiger partial charge in [-0.25, -0.2) is 4.68 Å². The summed E-state index contributed by atoms with van der Waals surface area (Å²) in [7, 11) is 1.79. The van der Waals surface area contributed by atoms with Gasteiger partial charge in [-0.3, -0.25) is 0 Å². The fourth-order valence-corrected chi connectivity index (χ4v) is 1.37. The van der Waals surface area contributed by atoms with Gasteiger partial charge in [-0.15, -0.1) is 0 Å². The highest BCUT2D eigenvalue weighted by Gasteiger charge is 2.04. The van der Waals surface area contributed by atoms with Gasteiger partial charge >= 0.3 is 6.61 Å². The zero-order valence-corrected chi connectivity index (χ0v) is 9.10. The molecule has 0 aliphatic rings. The van der Waals surface area contributed by atoms with Crippen LogP contribution in [0.5, 0.6) is 5.75 Å². The first-order valence-corrected chi connectivity index (χ1v) is 4.96. The van der Waals surface area contributed by atoms with E-state index in [2.05, 4.69) is 15.2 Å². The van der Waals surface area contributed by atoms with Crippen LogP contribution in [0.15, 0.2) is 36.7 Å². The van der Waals surface area contributed by atoms with E-state index in [0.717, 1.165) is 11.4 Å². The summed E-state index contributed by atoms with van der Waals surface area (Å²) in [6, 6.07) is 6.26. The average Bonchev–Trinajstić information content (AvgIpc) is 2.78. The predicted molar refractivity (Wildman–Crippen MR) is 59.7 cm³/mol. The first-order valence-electron chi connectivity index (χ1n) is 4.96. The molecule has 0 bridgehead atoms. The van der Waals surface area contributed by atoms with Crippen molar-refractivity contribution in [2.24, 2.45) is 0 Å². The molecule has 0 saturated carbocycles. The topological polar surface area (TPSA) is 39.1 Å². The van der Waals surface area contributed by atoms with Crippen molar-refractivity contribution in [2.75, 3.05) is 12.4 Å². The highest BCUT2D eigenvalue weighted by atomic mass is 19.3. The quantitative estimate of drug-likeness (QED) is 0.891. The van der Waals surface area contributed by atoms with Crippen LogP contribution in [-0.4, -0.2) is 23.4 Å². The minimum atomic E-state index is -2.80. The fourth-order valence-electron chi connectivity index (χ4n) is 1.37. The number of aromatic nitrogens is 2. The van der Waals surface area contributed by atoms with Gasteiger partial charge in [-0.2, -0.15) is 13.9 Å². The Hall–Kier alpha value is -2.11. The van der Waals surface area contributed by atoms with Crippen molar-refractivity contribution in [3.05, 3.63) is 36.7 Å². The normalized spacial score (nSPS) is 10.6. The maximum atomic E-state index is 11.9. The number of ether oxygens (including phenoxy) is 1. The fraction of sp³-hybridized carbons (Fsp3) is 0.182. The molecule has 1 N–H and O–H groups in total. The van der Waals surface area contributed by atoms with Crippen molar-refractivity contribution in [3.63, 3.8) is 0 Å². The molecule has 90 valence electrons. The Morgan fingerprint density at radius 3 is 2.53 bits per heavy atom. The Kier molecular flexibility index (Phi) is 3.22. The van der Waals surface area contributed by atoms with Gasteiger partial charge in [0.25, 0.3) is 0 Å². The van der Waals surface area contributed by atoms with Crippen LogP contribution >= 0.6 is 0 Å². The van der Waals surface area contributed by atoms with E-state index in [-0.39, 0.29) is 5.75 Å². The van der Waals surface area contributed by atoms with Crippen LogP contribution in [0.25, 0.3) is 5.69 Å². The minimum Gasteiger partial charge on any atom is -0.435 e. The van der Waals surface area contributed by atoms with Crippen molar-refractivity contribution in [3.8, 4) is 11.4 Å². The van der Waals surface area contributed by atoms with E-state index >= 15 is 0 Å². The number of rotatable bonds is 4. The van der Waals surface area contributed by atoms with E-state index < -0.39 is 6.61 Å². The maximum Gasteiger partial charge on any atom is 0.387 e. The van der Waals surface area contributed by atoms with Gasteiger partial charge in [0, 0.05) is 7.05 Å². The Labute approximate surface area is 96.8 Å². The summed E-state index contributed by atoms with van der Waals surface area (Å²) in [4.78, 5) is 0. The van der Waals surface area contributed by atoms with Crippen LogP contribution in [0.1, 0.15) is 0 Å². The summed E-state index contributed by atoms with van der Waals surface area (Å²) in [5.74, 6) is 0.129. The van der Waals surface area contributed by atoms with E-state index in [1.807, 2.05) is 0 Å². The SMILES string of the molecule is CNc1cnn(-c2ccc(OC(F)F)cc2)c1. The van der Waals surface area contributed by atoms with Gasteiger partial charge in [0.15, 0.2) is 0 Å². The number of anilines is 1. The maximum absolute atomic E-state index is 11.9. The molecule has 0 aliphatic carbocycles. The van der Waals surface area contributed by atoms with Crippen LogP contribution < -0.4 is 10.1 Å². The first-order chi connectivity index (χ1) is 8.19. The number of hydrogen-bond donors (Lipinski definition) is 1. The first kappa shape index (κ1) is 11.4. The molecule has 6 heteroatoms. The summed E-state index contributed by atoms with van der Waals surface area (Å²) in [6.45, 7) is -2.80. The molecule has 1 heterocycles. The van der Waals surface area contributed by atoms with E-state index in [1.165, 1.54) is 12.1 Å². The number of hydrogen-bond acceptors (Lipinski definition) is 3. The van der Waals surface area contributed by atoms with Gasteiger partial charge in [0.1, 0.15) is 5.75 Å². The molecule has 0 fully saturated rings. The van der Waals surface area contributed by atoms with Crippen LogP contribution in [0.2, 0.25) is 0 Å². The van der Waals surface area contributed by atoms with Crippen LogP contribution in [0, 0.1) is 0 Å². The lowest BCUT2D eigenvalue weighted by Gasteiger charge is -2.05. The van der Waals surface area contributed by atoms with E-state index in [1.54, 1.807) is 36.3 Å². The zero-order chi connectivity index (χ0) is 12.3. The average molecular weight is 239 g/mol. The van der Waals surface area contributed by atoms with Crippen molar-refractivity contribution in [1.82, 2.24) is 9.78 Å². The summed E-state index contributed by atoms with van der Waals surface area (Å²) < 4.78 is 29.8. The molecule has 0 atom stereocenters. The van der Waals surface area contributed by atoms with Crippen LogP contribution in [-0.2, 0) is 0 Å². The number of benzene rings is 1. The number of nitrogens with one attached hydrogen (secondary N) is 1. The molecule has 2 aromatic rings. The van der Waals surface area contributed by atoms with Crippen molar-refractivity contribution in [2.45, 2.75) is 6.61 Å². The predicted octanol–water partition coefficient (Wildman–Crippen LogP) is 2.52. The molecule has 0 amide bonds. The highest BCUT2D eigenvalue weighted by Crippen LogP contribution is 2.17. The van der Waals surface area contributed by atoms with Crippen molar-refractivity contribution in [1.29, 1.82) is 0 Å². The molecule has 0 aliphatic heterocycles. The monoisotopic (exact) mass is 239 g/mol. The second kappa shape index (κ2) is 4.82. The number of halogens is 2. The Balaban J connectivity index is 2.17. The van der Waals surface area contributed by atoms with E-state index in [0.29, 0.717) is 0 Å². The third-order valence-corrected chi connectivity index (χ3v) is 2.20. The molecule has 1 aromatic carbocycles. The summed E-state index contributed by atoms with van der Waals surface area (Å²) in [5.41, 5.74) is 1.64. The zero-order valence-electron chi connectivity index (χ0n) is 9.10. The molecule has 0 unspecified atom stereocenters. The number of nitrogens with zero attached hydrogens (tertiary/aromatic N) is 2. The molecule has 0 spiro atoms. The molecule has 0 saturated heterocycles. The van der Waals surface area contributed by atoms with E-state index in [9.17, 15) is 8.78 Å². The van der Waals surface area contributed by atoms with Gasteiger partial charge in [0.05, 0.1) is 23.8 Å². The van der Waals surface area contributed by atoms with Gasteiger partial charge in [-0.1, -0.05) is 0 Å². The van der Waals surface area contributed by atoms with Crippen molar-refractivity contribution < 1.29 is 13.5 Å². The Morgan fingerprint density at radius 1 is 1.29 bits per heavy atom. The number of alkyl halides is 2. The molecule has 0 radical (unpaired) electrons. The smallest absolute Gasteiger partial charge is 0.387 e. The van der Waals surface area contributed by atoms with Gasteiger partial charge in [-0.05, 0) is 24.3 Å². The molecule has 17 heavy (non-hydrogen) atoms. The van der Waals surface area contributed by atoms with Gasteiger partial charge in [0.2, 0.25) is 0 Å². The highest BCUT2D eigenvalue weighted by molar-refractivity contribution is 5.43. The Bertz CT molecular complexity index is 482. The molecular weight excluding hydrogens is 228 g/mol. The third kappa shape index (κ3) is 2.72. The third-order valence-electron chi connectivity index (χ3n) is 2.20. The molecular formula is C11H11F2N3O. The van der Waals surface area contributed by atoms with Crippen LogP contribution in [0.3, 0.4) is 0 Å². The summed E-state index contributed by atoms with van der Waals surface area (Å²) in [5, 5.41) is 7.06. The second-order valence-electron chi connectivity index (χ2n) is 3.30. The lowest BCUT2D eigenvalue weighted by molar-refractivity contribution is -0.0498. The molecule has 1 aromatic heterocycles. The minimum absolute atomic E-state index is 0.129. The standard InChI is InChI=1S/C11H11F2N3O/c1-14-8-6-15-16(7-8)9-2-4-10(5-3-9)17-11(12)13/h2-7,11,14H,1H3. The summed E-state index contributed by atoms with van der Waals surface area (Å²) >= 11 is 0.